The summed E-state index contributed by atoms with van der Waals surface area (Å²) in [6.07, 6.45) is 3.60. The molecule has 32 heavy (non-hydrogen) atoms. The number of hydrogen-bond donors (Lipinski definition) is 0. The molecule has 12 heteroatoms. The van der Waals surface area contributed by atoms with Crippen molar-refractivity contribution in [2.45, 2.75) is 18.2 Å². The first-order valence-corrected chi connectivity index (χ1v) is 11.4. The van der Waals surface area contributed by atoms with Gasteiger partial charge in [0, 0.05) is 6.07 Å². The van der Waals surface area contributed by atoms with Crippen LogP contribution in [0.5, 0.6) is 23.0 Å². The fourth-order valence-corrected chi connectivity index (χ4v) is 3.86. The summed E-state index contributed by atoms with van der Waals surface area (Å²) in [5, 5.41) is 0. The topological polar surface area (TPSA) is 117 Å². The number of carbonyl (C=O) groups is 1. The quantitative estimate of drug-likeness (QED) is 0.155. The monoisotopic (exact) mass is 496 g/mol. The van der Waals surface area contributed by atoms with Crippen LogP contribution in [0.4, 0.5) is 0 Å². The van der Waals surface area contributed by atoms with Gasteiger partial charge in [0.05, 0.1) is 24.2 Å². The van der Waals surface area contributed by atoms with Gasteiger partial charge in [0.25, 0.3) is 0 Å². The van der Waals surface area contributed by atoms with E-state index >= 15 is 0 Å². The van der Waals surface area contributed by atoms with Crippen molar-refractivity contribution in [3.05, 3.63) is 47.5 Å². The van der Waals surface area contributed by atoms with Crippen LogP contribution in [0.3, 0.4) is 0 Å². The predicted octanol–water partition coefficient (Wildman–Crippen LogP) is -2.96. The second kappa shape index (κ2) is 13.4. The number of hydrogen-bond acceptors (Lipinski definition) is 9. The normalized spacial score (nSPS) is 12.2. The Kier molecular flexibility index (Phi) is 12.4. The summed E-state index contributed by atoms with van der Waals surface area (Å²) in [5.74, 6) is 1.13. The number of allylic oxidation sites excluding steroid dienone is 1. The molecule has 0 fully saturated rings. The van der Waals surface area contributed by atoms with Gasteiger partial charge in [0.15, 0.2) is 17.3 Å². The van der Waals surface area contributed by atoms with Crippen molar-refractivity contribution in [2.75, 3.05) is 19.7 Å². The third-order valence-electron chi connectivity index (χ3n) is 4.03. The van der Waals surface area contributed by atoms with Crippen LogP contribution in [0.25, 0.3) is 6.08 Å². The number of phosphoric ester groups is 1. The van der Waals surface area contributed by atoms with E-state index in [9.17, 15) is 19.1 Å². The number of ketones is 1. The summed E-state index contributed by atoms with van der Waals surface area (Å²) in [6.45, 7) is 2.42. The predicted molar refractivity (Wildman–Crippen MR) is 108 cm³/mol. The zero-order chi connectivity index (χ0) is 21.7. The minimum atomic E-state index is -5.26. The number of ether oxygens (including phenoxy) is 3. The van der Waals surface area contributed by atoms with Gasteiger partial charge in [-0.05, 0) is 36.3 Å². The molecule has 0 spiro atoms. The second-order valence-corrected chi connectivity index (χ2v) is 8.24. The van der Waals surface area contributed by atoms with Crippen LogP contribution >= 0.6 is 19.6 Å². The molecule has 2 aromatic rings. The zero-order valence-electron chi connectivity index (χ0n) is 18.3. The molecular formula is C20H19Na2O8PS. The van der Waals surface area contributed by atoms with Gasteiger partial charge >= 0.3 is 59.1 Å². The summed E-state index contributed by atoms with van der Waals surface area (Å²) >= 11 is 1.49. The largest absolute Gasteiger partial charge is 1.00 e. The Morgan fingerprint density at radius 2 is 1.94 bits per heavy atom. The van der Waals surface area contributed by atoms with Crippen molar-refractivity contribution in [1.29, 1.82) is 0 Å². The van der Waals surface area contributed by atoms with Crippen LogP contribution in [0.2, 0.25) is 0 Å². The van der Waals surface area contributed by atoms with E-state index in [4.69, 9.17) is 14.2 Å². The molecule has 160 valence electrons. The fraction of sp³-hybridized carbons (Fsp3) is 0.250. The molecule has 0 radical (unpaired) electrons. The van der Waals surface area contributed by atoms with Crippen molar-refractivity contribution < 1.29 is 97.0 Å². The van der Waals surface area contributed by atoms with Crippen molar-refractivity contribution >= 4 is 31.4 Å². The van der Waals surface area contributed by atoms with Gasteiger partial charge in [0.1, 0.15) is 25.3 Å². The van der Waals surface area contributed by atoms with Gasteiger partial charge in [-0.3, -0.25) is 4.79 Å². The number of benzene rings is 2. The van der Waals surface area contributed by atoms with Crippen molar-refractivity contribution in [3.8, 4) is 23.0 Å². The SMILES string of the molecule is CCCOc1cc2c(cc1C(=O)/C=C/c1ccc(OC)c(OP(=O)([O-])[O-])c1)SCO2.[Na+].[Na+]. The van der Waals surface area contributed by atoms with Crippen LogP contribution < -0.4 is 87.6 Å². The van der Waals surface area contributed by atoms with E-state index in [1.54, 1.807) is 18.2 Å². The van der Waals surface area contributed by atoms with E-state index in [0.717, 1.165) is 11.3 Å². The molecule has 8 nitrogen and oxygen atoms in total. The van der Waals surface area contributed by atoms with Gasteiger partial charge in [-0.25, -0.2) is 0 Å². The molecular weight excluding hydrogens is 477 g/mol. The van der Waals surface area contributed by atoms with Gasteiger partial charge in [-0.15, -0.1) is 0 Å². The second-order valence-electron chi connectivity index (χ2n) is 6.20. The number of carbonyl (C=O) groups excluding carboxylic acids is 1. The molecule has 3 rings (SSSR count). The van der Waals surface area contributed by atoms with Crippen LogP contribution in [-0.4, -0.2) is 25.4 Å². The van der Waals surface area contributed by atoms with Crippen LogP contribution in [0.1, 0.15) is 29.3 Å². The minimum absolute atomic E-state index is 0. The zero-order valence-corrected chi connectivity index (χ0v) is 24.0. The molecule has 2 aromatic carbocycles. The van der Waals surface area contributed by atoms with Gasteiger partial charge in [-0.2, -0.15) is 0 Å². The number of methoxy groups -OCH3 is 1. The van der Waals surface area contributed by atoms with Gasteiger partial charge in [0.2, 0.25) is 0 Å². The Hall–Kier alpha value is -0.450. The van der Waals surface area contributed by atoms with E-state index in [0.29, 0.717) is 35.2 Å². The molecule has 0 amide bonds. The van der Waals surface area contributed by atoms with Crippen molar-refractivity contribution in [1.82, 2.24) is 0 Å². The number of rotatable bonds is 9. The van der Waals surface area contributed by atoms with E-state index in [2.05, 4.69) is 4.52 Å². The maximum Gasteiger partial charge on any atom is 1.00 e. The van der Waals surface area contributed by atoms with Crippen LogP contribution in [-0.2, 0) is 4.57 Å². The Bertz CT molecular complexity index is 1020. The first kappa shape index (κ1) is 29.6. The molecule has 0 unspecified atom stereocenters. The summed E-state index contributed by atoms with van der Waals surface area (Å²) in [4.78, 5) is 35.6. The molecule has 0 saturated carbocycles. The van der Waals surface area contributed by atoms with E-state index in [1.165, 1.54) is 43.2 Å². The molecule has 0 aliphatic carbocycles. The summed E-state index contributed by atoms with van der Waals surface area (Å²) < 4.78 is 31.6. The third kappa shape index (κ3) is 8.09. The Labute approximate surface area is 234 Å². The van der Waals surface area contributed by atoms with Crippen molar-refractivity contribution in [3.63, 3.8) is 0 Å². The fourth-order valence-electron chi connectivity index (χ4n) is 2.70. The summed E-state index contributed by atoms with van der Waals surface area (Å²) in [5.41, 5.74) is 0.840. The first-order valence-electron chi connectivity index (χ1n) is 8.99. The molecule has 0 N–H and O–H groups in total. The number of phosphoric acid groups is 1. The third-order valence-corrected chi connectivity index (χ3v) is 5.31. The van der Waals surface area contributed by atoms with E-state index in [-0.39, 0.29) is 76.4 Å². The Morgan fingerprint density at radius 1 is 1.19 bits per heavy atom. The molecule has 0 aromatic heterocycles. The van der Waals surface area contributed by atoms with Crippen molar-refractivity contribution in [2.24, 2.45) is 0 Å². The van der Waals surface area contributed by atoms with Crippen LogP contribution in [0, 0.1) is 0 Å². The maximum atomic E-state index is 12.8. The summed E-state index contributed by atoms with van der Waals surface area (Å²) in [7, 11) is -3.95. The van der Waals surface area contributed by atoms with Gasteiger partial charge < -0.3 is 33.1 Å². The average molecular weight is 496 g/mol. The maximum absolute atomic E-state index is 12.8. The standard InChI is InChI=1S/C20H21O8PS.2Na/c1-3-8-26-17-11-19-20(30-12-27-19)10-14(17)15(21)6-4-13-5-7-16(25-2)18(9-13)28-29(22,23)24;;/h4-7,9-11H,3,8,12H2,1-2H3,(H2,22,23,24);;/q;2*+1/p-2/b6-4+;;. The average Bonchev–Trinajstić information content (AvgIpc) is 3.16. The molecule has 0 saturated heterocycles. The summed E-state index contributed by atoms with van der Waals surface area (Å²) in [6, 6.07) is 7.78. The first-order chi connectivity index (χ1) is 14.3. The van der Waals surface area contributed by atoms with Crippen LogP contribution in [0.15, 0.2) is 41.3 Å². The Balaban J connectivity index is 0.00000256. The van der Waals surface area contributed by atoms with Gasteiger partial charge in [-0.1, -0.05) is 30.8 Å². The number of fused-ring (bicyclic) bond motifs is 1. The molecule has 1 heterocycles. The molecule has 0 atom stereocenters. The molecule has 1 aliphatic rings. The molecule has 1 aliphatic heterocycles. The minimum Gasteiger partial charge on any atom is -0.780 e. The van der Waals surface area contributed by atoms with E-state index < -0.39 is 7.82 Å². The smallest absolute Gasteiger partial charge is 0.780 e. The van der Waals surface area contributed by atoms with E-state index in [1.807, 2.05) is 6.92 Å². The number of thioether (sulfide) groups is 1. The molecule has 0 bridgehead atoms. The Morgan fingerprint density at radius 3 is 2.59 bits per heavy atom.